The zero-order valence-corrected chi connectivity index (χ0v) is 25.3. The van der Waals surface area contributed by atoms with Crippen molar-refractivity contribution in [3.05, 3.63) is 188 Å². The summed E-state index contributed by atoms with van der Waals surface area (Å²) in [5.41, 5.74) is 12.1. The fourth-order valence-corrected chi connectivity index (χ4v) is 6.32. The van der Waals surface area contributed by atoms with Crippen LogP contribution in [0.3, 0.4) is 0 Å². The lowest BCUT2D eigenvalue weighted by Gasteiger charge is -2.28. The van der Waals surface area contributed by atoms with E-state index < -0.39 is 0 Å². The van der Waals surface area contributed by atoms with Crippen LogP contribution >= 0.6 is 0 Å². The minimum Gasteiger partial charge on any atom is -0.455 e. The molecule has 0 N–H and O–H groups in total. The van der Waals surface area contributed by atoms with Gasteiger partial charge in [-0.1, -0.05) is 152 Å². The van der Waals surface area contributed by atoms with Gasteiger partial charge in [-0.25, -0.2) is 0 Å². The maximum Gasteiger partial charge on any atom is 0.143 e. The van der Waals surface area contributed by atoms with E-state index in [4.69, 9.17) is 4.42 Å². The molecule has 2 nitrogen and oxygen atoms in total. The predicted octanol–water partition coefficient (Wildman–Crippen LogP) is 12.6. The molecule has 218 valence electrons. The summed E-state index contributed by atoms with van der Waals surface area (Å²) in [5, 5.41) is 1.11. The van der Waals surface area contributed by atoms with Gasteiger partial charge in [0, 0.05) is 33.5 Å². The summed E-state index contributed by atoms with van der Waals surface area (Å²) in [5.74, 6) is 0.866. The Morgan fingerprint density at radius 1 is 0.370 bits per heavy atom. The first-order chi connectivity index (χ1) is 22.8. The van der Waals surface area contributed by atoms with Crippen LogP contribution in [-0.2, 0) is 0 Å². The third-order valence-electron chi connectivity index (χ3n) is 8.49. The molecule has 1 heterocycles. The Labute approximate surface area is 269 Å². The Bertz CT molecular complexity index is 2230. The van der Waals surface area contributed by atoms with Crippen LogP contribution in [0.4, 0.5) is 17.1 Å². The highest BCUT2D eigenvalue weighted by Gasteiger charge is 2.21. The predicted molar refractivity (Wildman–Crippen MR) is 193 cm³/mol. The molecule has 0 aliphatic heterocycles. The molecule has 0 aliphatic rings. The summed E-state index contributed by atoms with van der Waals surface area (Å²) in [6.07, 6.45) is 0. The molecule has 0 amide bonds. The number of hydrogen-bond acceptors (Lipinski definition) is 2. The lowest BCUT2D eigenvalue weighted by molar-refractivity contribution is 0.632. The number of nitrogens with zero attached hydrogens (tertiary/aromatic N) is 1. The van der Waals surface area contributed by atoms with Gasteiger partial charge in [-0.15, -0.1) is 0 Å². The summed E-state index contributed by atoms with van der Waals surface area (Å²) in [6.45, 7) is 0. The number of para-hydroxylation sites is 2. The fourth-order valence-electron chi connectivity index (χ4n) is 6.32. The average molecular weight is 590 g/mol. The van der Waals surface area contributed by atoms with Crippen LogP contribution in [0.5, 0.6) is 0 Å². The maximum atomic E-state index is 6.63. The Morgan fingerprint density at radius 2 is 0.935 bits per heavy atom. The standard InChI is InChI=1S/C44H31NO/c1-4-15-32(16-5-1)33-27-29-37(30-28-33)45(41-25-12-10-23-39(41)34-17-6-2-7-18-34)38-22-14-21-36(31-38)44-43(35-19-8-3-9-20-35)40-24-11-13-26-42(40)46-44/h1-31H. The quantitative estimate of drug-likeness (QED) is 0.184. The van der Waals surface area contributed by atoms with Crippen molar-refractivity contribution in [2.75, 3.05) is 4.90 Å². The molecule has 46 heavy (non-hydrogen) atoms. The van der Waals surface area contributed by atoms with E-state index in [9.17, 15) is 0 Å². The van der Waals surface area contributed by atoms with E-state index >= 15 is 0 Å². The van der Waals surface area contributed by atoms with Crippen molar-refractivity contribution in [1.82, 2.24) is 0 Å². The molecule has 0 unspecified atom stereocenters. The Balaban J connectivity index is 1.31. The molecule has 0 saturated carbocycles. The summed E-state index contributed by atoms with van der Waals surface area (Å²) < 4.78 is 6.63. The molecule has 8 aromatic rings. The van der Waals surface area contributed by atoms with Crippen LogP contribution in [0.1, 0.15) is 0 Å². The van der Waals surface area contributed by atoms with E-state index in [0.29, 0.717) is 0 Å². The maximum absolute atomic E-state index is 6.63. The van der Waals surface area contributed by atoms with Crippen molar-refractivity contribution < 1.29 is 4.42 Å². The van der Waals surface area contributed by atoms with Gasteiger partial charge in [0.05, 0.1) is 5.69 Å². The van der Waals surface area contributed by atoms with Crippen LogP contribution in [0.25, 0.3) is 55.7 Å². The van der Waals surface area contributed by atoms with Crippen molar-refractivity contribution in [2.45, 2.75) is 0 Å². The molecule has 0 spiro atoms. The molecule has 8 rings (SSSR count). The van der Waals surface area contributed by atoms with Gasteiger partial charge in [-0.05, 0) is 58.7 Å². The first-order valence-corrected chi connectivity index (χ1v) is 15.6. The zero-order chi connectivity index (χ0) is 30.7. The van der Waals surface area contributed by atoms with Crippen molar-refractivity contribution in [3.8, 4) is 44.7 Å². The molecule has 0 radical (unpaired) electrons. The Morgan fingerprint density at radius 3 is 1.67 bits per heavy atom. The highest BCUT2D eigenvalue weighted by Crippen LogP contribution is 2.45. The van der Waals surface area contributed by atoms with Crippen LogP contribution < -0.4 is 4.90 Å². The first-order valence-electron chi connectivity index (χ1n) is 15.6. The van der Waals surface area contributed by atoms with Crippen molar-refractivity contribution in [2.24, 2.45) is 0 Å². The smallest absolute Gasteiger partial charge is 0.143 e. The van der Waals surface area contributed by atoms with Crippen molar-refractivity contribution >= 4 is 28.0 Å². The molecule has 0 saturated heterocycles. The molecule has 1 aromatic heterocycles. The molecule has 0 aliphatic carbocycles. The second kappa shape index (κ2) is 12.1. The SMILES string of the molecule is c1ccc(-c2ccc(N(c3cccc(-c4oc5ccccc5c4-c4ccccc4)c3)c3ccccc3-c3ccccc3)cc2)cc1. The van der Waals surface area contributed by atoms with Gasteiger partial charge in [-0.3, -0.25) is 0 Å². The second-order valence-corrected chi connectivity index (χ2v) is 11.4. The molecule has 7 aromatic carbocycles. The monoisotopic (exact) mass is 589 g/mol. The molecule has 0 atom stereocenters. The van der Waals surface area contributed by atoms with E-state index in [0.717, 1.165) is 56.0 Å². The minimum atomic E-state index is 0.866. The fraction of sp³-hybridized carbons (Fsp3) is 0. The Kier molecular flexibility index (Phi) is 7.22. The number of benzene rings is 7. The minimum absolute atomic E-state index is 0.866. The first kappa shape index (κ1) is 27.4. The van der Waals surface area contributed by atoms with E-state index in [1.807, 2.05) is 12.1 Å². The van der Waals surface area contributed by atoms with Gasteiger partial charge >= 0.3 is 0 Å². The summed E-state index contributed by atoms with van der Waals surface area (Å²) in [6, 6.07) is 66.1. The van der Waals surface area contributed by atoms with E-state index in [1.54, 1.807) is 0 Å². The summed E-state index contributed by atoms with van der Waals surface area (Å²) in [4.78, 5) is 2.35. The van der Waals surface area contributed by atoms with Crippen LogP contribution in [-0.4, -0.2) is 0 Å². The number of hydrogen-bond donors (Lipinski definition) is 0. The topological polar surface area (TPSA) is 16.4 Å². The van der Waals surface area contributed by atoms with Crippen LogP contribution in [0.2, 0.25) is 0 Å². The van der Waals surface area contributed by atoms with Gasteiger partial charge in [0.25, 0.3) is 0 Å². The molecule has 2 heteroatoms. The molecular formula is C44H31NO. The third kappa shape index (κ3) is 5.16. The highest BCUT2D eigenvalue weighted by molar-refractivity contribution is 6.02. The van der Waals surface area contributed by atoms with Crippen molar-refractivity contribution in [3.63, 3.8) is 0 Å². The summed E-state index contributed by atoms with van der Waals surface area (Å²) >= 11 is 0. The van der Waals surface area contributed by atoms with Crippen LogP contribution in [0, 0.1) is 0 Å². The lowest BCUT2D eigenvalue weighted by atomic mass is 9.97. The normalized spacial score (nSPS) is 11.0. The third-order valence-corrected chi connectivity index (χ3v) is 8.49. The second-order valence-electron chi connectivity index (χ2n) is 11.4. The average Bonchev–Trinajstić information content (AvgIpc) is 3.53. The highest BCUT2D eigenvalue weighted by atomic mass is 16.3. The molecule has 0 fully saturated rings. The van der Waals surface area contributed by atoms with Gasteiger partial charge in [-0.2, -0.15) is 0 Å². The van der Waals surface area contributed by atoms with Crippen LogP contribution in [0.15, 0.2) is 192 Å². The summed E-state index contributed by atoms with van der Waals surface area (Å²) in [7, 11) is 0. The molecule has 0 bridgehead atoms. The lowest BCUT2D eigenvalue weighted by Crippen LogP contribution is -2.11. The van der Waals surface area contributed by atoms with Gasteiger partial charge < -0.3 is 9.32 Å². The number of anilines is 3. The van der Waals surface area contributed by atoms with E-state index in [1.165, 1.54) is 16.7 Å². The Hall–Kier alpha value is -6.12. The van der Waals surface area contributed by atoms with Gasteiger partial charge in [0.2, 0.25) is 0 Å². The van der Waals surface area contributed by atoms with Gasteiger partial charge in [0.1, 0.15) is 11.3 Å². The van der Waals surface area contributed by atoms with E-state index in [-0.39, 0.29) is 0 Å². The zero-order valence-electron chi connectivity index (χ0n) is 25.3. The number of fused-ring (bicyclic) bond motifs is 1. The number of furan rings is 1. The van der Waals surface area contributed by atoms with E-state index in [2.05, 4.69) is 181 Å². The largest absolute Gasteiger partial charge is 0.455 e. The number of rotatable bonds is 7. The van der Waals surface area contributed by atoms with Crippen molar-refractivity contribution in [1.29, 1.82) is 0 Å². The molecular weight excluding hydrogens is 558 g/mol. The van der Waals surface area contributed by atoms with Gasteiger partial charge in [0.15, 0.2) is 0 Å².